The van der Waals surface area contributed by atoms with Crippen LogP contribution < -0.4 is 10.4 Å². The topological polar surface area (TPSA) is 0 Å². The Morgan fingerprint density at radius 1 is 1.19 bits per heavy atom. The van der Waals surface area contributed by atoms with Crippen molar-refractivity contribution in [1.82, 2.24) is 0 Å². The number of hydrogen-bond acceptors (Lipinski definition) is 0. The van der Waals surface area contributed by atoms with E-state index in [1.54, 1.807) is 0 Å². The number of benzene rings is 1. The van der Waals surface area contributed by atoms with Gasteiger partial charge in [0.2, 0.25) is 0 Å². The van der Waals surface area contributed by atoms with Gasteiger partial charge >= 0.3 is 0 Å². The van der Waals surface area contributed by atoms with Gasteiger partial charge in [0.1, 0.15) is 0 Å². The molecule has 2 aliphatic carbocycles. The van der Waals surface area contributed by atoms with Crippen LogP contribution in [0.4, 0.5) is 0 Å². The summed E-state index contributed by atoms with van der Waals surface area (Å²) in [6.45, 7) is 4.38. The van der Waals surface area contributed by atoms with Crippen molar-refractivity contribution in [2.45, 2.75) is 26.7 Å². The lowest BCUT2D eigenvalue weighted by Gasteiger charge is -2.00. The first-order valence-electron chi connectivity index (χ1n) is 6.06. The van der Waals surface area contributed by atoms with Gasteiger partial charge in [-0.2, -0.15) is 0 Å². The van der Waals surface area contributed by atoms with Gasteiger partial charge in [0.15, 0.2) is 0 Å². The van der Waals surface area contributed by atoms with Gasteiger partial charge in [0.25, 0.3) is 0 Å². The van der Waals surface area contributed by atoms with Gasteiger partial charge in [0.05, 0.1) is 0 Å². The van der Waals surface area contributed by atoms with Crippen LogP contribution in [0.25, 0.3) is 17.2 Å². The molecule has 0 saturated heterocycles. The summed E-state index contributed by atoms with van der Waals surface area (Å²) < 4.78 is 0. The molecule has 0 radical (unpaired) electrons. The first-order chi connectivity index (χ1) is 7.86. The molecule has 0 heteroatoms. The van der Waals surface area contributed by atoms with Crippen molar-refractivity contribution >= 4 is 17.2 Å². The van der Waals surface area contributed by atoms with E-state index in [0.717, 1.165) is 12.8 Å². The van der Waals surface area contributed by atoms with E-state index in [2.05, 4.69) is 50.3 Å². The third-order valence-corrected chi connectivity index (χ3v) is 3.61. The van der Waals surface area contributed by atoms with E-state index in [1.165, 1.54) is 32.7 Å². The van der Waals surface area contributed by atoms with Crippen LogP contribution in [0.5, 0.6) is 0 Å². The molecule has 0 spiro atoms. The van der Waals surface area contributed by atoms with Crippen molar-refractivity contribution in [3.8, 4) is 0 Å². The zero-order valence-electron chi connectivity index (χ0n) is 9.88. The normalized spacial score (nSPS) is 18.4. The zero-order chi connectivity index (χ0) is 11.1. The van der Waals surface area contributed by atoms with E-state index in [1.807, 2.05) is 0 Å². The van der Waals surface area contributed by atoms with E-state index in [-0.39, 0.29) is 0 Å². The summed E-state index contributed by atoms with van der Waals surface area (Å²) in [5.41, 5.74) is 5.94. The largest absolute Gasteiger partial charge is 0.0798 e. The molecule has 0 bridgehead atoms. The van der Waals surface area contributed by atoms with Crippen LogP contribution in [0.3, 0.4) is 0 Å². The Kier molecular flexibility index (Phi) is 2.10. The van der Waals surface area contributed by atoms with Crippen LogP contribution in [0.15, 0.2) is 35.9 Å². The smallest absolute Gasteiger partial charge is 0.00705 e. The van der Waals surface area contributed by atoms with E-state index < -0.39 is 0 Å². The summed E-state index contributed by atoms with van der Waals surface area (Å²) in [5.74, 6) is 0. The lowest BCUT2D eigenvalue weighted by Crippen LogP contribution is -2.27. The standard InChI is InChI=1S/C16H16/c1-3-11-7-5-10-15-14-9-6-8-13(14)12(4-2)16(11)15/h3,5,7-10H,4,6H2,1-2H3/b11-3-. The average molecular weight is 208 g/mol. The minimum absolute atomic E-state index is 1.10. The van der Waals surface area contributed by atoms with Crippen molar-refractivity contribution in [2.75, 3.05) is 0 Å². The fraction of sp³-hybridized carbons (Fsp3) is 0.250. The molecule has 80 valence electrons. The third kappa shape index (κ3) is 1.10. The number of fused-ring (bicyclic) bond motifs is 3. The third-order valence-electron chi connectivity index (χ3n) is 3.61. The predicted molar refractivity (Wildman–Crippen MR) is 70.2 cm³/mol. The molecule has 0 fully saturated rings. The fourth-order valence-corrected chi connectivity index (χ4v) is 2.93. The summed E-state index contributed by atoms with van der Waals surface area (Å²) in [7, 11) is 0. The van der Waals surface area contributed by atoms with Gasteiger partial charge in [-0.1, -0.05) is 43.4 Å². The van der Waals surface area contributed by atoms with Crippen LogP contribution in [0.2, 0.25) is 0 Å². The number of rotatable bonds is 1. The Bertz CT molecular complexity index is 624. The minimum atomic E-state index is 1.10. The van der Waals surface area contributed by atoms with E-state index in [0.29, 0.717) is 0 Å². The quantitative estimate of drug-likeness (QED) is 0.665. The van der Waals surface area contributed by atoms with Crippen molar-refractivity contribution in [1.29, 1.82) is 0 Å². The molecule has 3 rings (SSSR count). The summed E-state index contributed by atoms with van der Waals surface area (Å²) in [4.78, 5) is 0. The van der Waals surface area contributed by atoms with Crippen LogP contribution in [-0.2, 0) is 0 Å². The van der Waals surface area contributed by atoms with Gasteiger partial charge in [-0.05, 0) is 52.5 Å². The predicted octanol–water partition coefficient (Wildman–Crippen LogP) is 2.77. The molecule has 1 aromatic carbocycles. The van der Waals surface area contributed by atoms with Crippen LogP contribution in [0.1, 0.15) is 32.3 Å². The maximum atomic E-state index is 2.37. The average Bonchev–Trinajstić information content (AvgIpc) is 2.88. The Morgan fingerprint density at radius 2 is 2.00 bits per heavy atom. The van der Waals surface area contributed by atoms with Gasteiger partial charge in [-0.25, -0.2) is 0 Å². The summed E-state index contributed by atoms with van der Waals surface area (Å²) >= 11 is 0. The molecule has 0 amide bonds. The molecule has 0 aromatic heterocycles. The zero-order valence-corrected chi connectivity index (χ0v) is 9.88. The maximum absolute atomic E-state index is 2.37. The van der Waals surface area contributed by atoms with Crippen LogP contribution in [0, 0.1) is 0 Å². The highest BCUT2D eigenvalue weighted by Crippen LogP contribution is 2.37. The molecule has 0 atom stereocenters. The summed E-state index contributed by atoms with van der Waals surface area (Å²) in [6, 6.07) is 6.65. The molecular weight excluding hydrogens is 192 g/mol. The van der Waals surface area contributed by atoms with E-state index in [9.17, 15) is 0 Å². The number of allylic oxidation sites excluding steroid dienone is 4. The minimum Gasteiger partial charge on any atom is -0.0798 e. The second-order valence-corrected chi connectivity index (χ2v) is 4.36. The van der Waals surface area contributed by atoms with Gasteiger partial charge in [-0.3, -0.25) is 0 Å². The Balaban J connectivity index is 2.51. The molecule has 0 unspecified atom stereocenters. The Labute approximate surface area is 96.3 Å². The molecule has 1 aromatic rings. The molecule has 2 aliphatic rings. The van der Waals surface area contributed by atoms with Gasteiger partial charge in [0, 0.05) is 0 Å². The van der Waals surface area contributed by atoms with Crippen molar-refractivity contribution in [2.24, 2.45) is 0 Å². The summed E-state index contributed by atoms with van der Waals surface area (Å²) in [5, 5.41) is 2.86. The lowest BCUT2D eigenvalue weighted by molar-refractivity contribution is 1.23. The second kappa shape index (κ2) is 3.48. The van der Waals surface area contributed by atoms with E-state index >= 15 is 0 Å². The highest BCUT2D eigenvalue weighted by molar-refractivity contribution is 6.00. The van der Waals surface area contributed by atoms with Crippen molar-refractivity contribution in [3.63, 3.8) is 0 Å². The molecule has 0 nitrogen and oxygen atoms in total. The maximum Gasteiger partial charge on any atom is -0.00705 e. The second-order valence-electron chi connectivity index (χ2n) is 4.36. The lowest BCUT2D eigenvalue weighted by atomic mass is 10.0. The van der Waals surface area contributed by atoms with Crippen molar-refractivity contribution < 1.29 is 0 Å². The number of hydrogen-bond donors (Lipinski definition) is 0. The van der Waals surface area contributed by atoms with Gasteiger partial charge < -0.3 is 0 Å². The van der Waals surface area contributed by atoms with Crippen LogP contribution in [-0.4, -0.2) is 0 Å². The fourth-order valence-electron chi connectivity index (χ4n) is 2.93. The highest BCUT2D eigenvalue weighted by atomic mass is 14.3. The first kappa shape index (κ1) is 9.65. The molecule has 16 heavy (non-hydrogen) atoms. The first-order valence-corrected chi connectivity index (χ1v) is 6.06. The molecular formula is C16H16. The highest BCUT2D eigenvalue weighted by Gasteiger charge is 2.23. The Hall–Kier alpha value is -1.56. The summed E-state index contributed by atoms with van der Waals surface area (Å²) in [6.07, 6.45) is 9.18. The van der Waals surface area contributed by atoms with Gasteiger partial charge in [-0.15, -0.1) is 0 Å². The monoisotopic (exact) mass is 208 g/mol. The Morgan fingerprint density at radius 3 is 2.75 bits per heavy atom. The molecule has 0 N–H and O–H groups in total. The molecule has 0 aliphatic heterocycles. The van der Waals surface area contributed by atoms with Crippen LogP contribution >= 0.6 is 0 Å². The molecule has 0 heterocycles. The van der Waals surface area contributed by atoms with Crippen molar-refractivity contribution in [3.05, 3.63) is 51.9 Å². The molecule has 0 saturated carbocycles. The SMILES string of the molecule is C/C=c1/cccc2c1=C(CC)C1=CCC=C12. The van der Waals surface area contributed by atoms with E-state index in [4.69, 9.17) is 0 Å².